The molecular formula is C24H34O7. The van der Waals surface area contributed by atoms with Gasteiger partial charge in [0, 0.05) is 19.8 Å². The Hall–Kier alpha value is -1.89. The number of carbonyl (C=O) groups is 3. The molecule has 172 valence electrons. The number of rotatable bonds is 3. The molecule has 1 unspecified atom stereocenters. The highest BCUT2D eigenvalue weighted by atomic mass is 16.8. The maximum atomic E-state index is 12.7. The molecule has 0 aromatic rings. The van der Waals surface area contributed by atoms with E-state index in [4.69, 9.17) is 18.9 Å². The Labute approximate surface area is 183 Å². The first-order valence-corrected chi connectivity index (χ1v) is 11.3. The quantitative estimate of drug-likeness (QED) is 0.380. The fourth-order valence-electron chi connectivity index (χ4n) is 7.08. The maximum absolute atomic E-state index is 12.7. The van der Waals surface area contributed by atoms with Crippen LogP contribution < -0.4 is 0 Å². The summed E-state index contributed by atoms with van der Waals surface area (Å²) in [6.07, 6.45) is 2.22. The van der Waals surface area contributed by atoms with Gasteiger partial charge >= 0.3 is 17.9 Å². The average Bonchev–Trinajstić information content (AvgIpc) is 3.10. The zero-order chi connectivity index (χ0) is 22.7. The smallest absolute Gasteiger partial charge is 0.350 e. The van der Waals surface area contributed by atoms with Crippen molar-refractivity contribution in [3.8, 4) is 0 Å². The van der Waals surface area contributed by atoms with Crippen molar-refractivity contribution < 1.29 is 33.3 Å². The van der Waals surface area contributed by atoms with Gasteiger partial charge in [0.1, 0.15) is 0 Å². The summed E-state index contributed by atoms with van der Waals surface area (Å²) in [5.74, 6) is -1.92. The van der Waals surface area contributed by atoms with Crippen molar-refractivity contribution in [1.29, 1.82) is 0 Å². The van der Waals surface area contributed by atoms with Gasteiger partial charge in [0.05, 0.1) is 5.92 Å². The van der Waals surface area contributed by atoms with E-state index in [-0.39, 0.29) is 22.7 Å². The Morgan fingerprint density at radius 3 is 2.42 bits per heavy atom. The summed E-state index contributed by atoms with van der Waals surface area (Å²) in [4.78, 5) is 36.2. The fourth-order valence-corrected chi connectivity index (χ4v) is 7.08. The molecule has 2 aliphatic carbocycles. The lowest BCUT2D eigenvalue weighted by atomic mass is 9.58. The number of hydrogen-bond donors (Lipinski definition) is 0. The van der Waals surface area contributed by atoms with Crippen LogP contribution in [-0.4, -0.2) is 36.6 Å². The highest BCUT2D eigenvalue weighted by Crippen LogP contribution is 2.66. The fraction of sp³-hybridized carbons (Fsp3) is 0.792. The average molecular weight is 435 g/mol. The molecule has 7 nitrogen and oxygen atoms in total. The Morgan fingerprint density at radius 1 is 1.10 bits per heavy atom. The molecule has 8 atom stereocenters. The zero-order valence-electron chi connectivity index (χ0n) is 19.1. The van der Waals surface area contributed by atoms with E-state index in [1.807, 2.05) is 0 Å². The minimum atomic E-state index is -1.16. The highest BCUT2D eigenvalue weighted by molar-refractivity contribution is 5.80. The summed E-state index contributed by atoms with van der Waals surface area (Å²) in [6, 6.07) is 0. The first-order valence-electron chi connectivity index (χ1n) is 11.3. The molecule has 2 heterocycles. The molecule has 2 saturated heterocycles. The number of carbonyl (C=O) groups excluding carboxylic acids is 3. The molecule has 0 aromatic heterocycles. The molecular weight excluding hydrogens is 400 g/mol. The van der Waals surface area contributed by atoms with Gasteiger partial charge in [0.15, 0.2) is 0 Å². The van der Waals surface area contributed by atoms with Gasteiger partial charge in [-0.3, -0.25) is 9.59 Å². The van der Waals surface area contributed by atoms with Gasteiger partial charge in [-0.1, -0.05) is 32.9 Å². The largest absolute Gasteiger partial charge is 0.450 e. The molecule has 2 aliphatic heterocycles. The van der Waals surface area contributed by atoms with Crippen molar-refractivity contribution in [2.24, 2.45) is 34.5 Å². The lowest BCUT2D eigenvalue weighted by Crippen LogP contribution is -2.54. The standard InChI is InChI=1S/C24H34O7/c1-12-8-7-10-23(4,5)15-9-11-24(6,17(12)15)18-16-19(28-13(2)25)20(27)30-22(18)31-21(16)29-14(3)26/h15-19,21-22H,1,7-11H2,2-6H3/t15-,16+,17-,18+,19+,21-,22?,24-/m1/s1. The van der Waals surface area contributed by atoms with Crippen LogP contribution in [0.15, 0.2) is 12.2 Å². The third-order valence-corrected chi connectivity index (χ3v) is 8.31. The van der Waals surface area contributed by atoms with Gasteiger partial charge in [0.25, 0.3) is 0 Å². The van der Waals surface area contributed by atoms with E-state index in [2.05, 4.69) is 27.4 Å². The first-order chi connectivity index (χ1) is 14.5. The number of allylic oxidation sites excluding steroid dienone is 1. The van der Waals surface area contributed by atoms with Crippen LogP contribution in [0.4, 0.5) is 0 Å². The van der Waals surface area contributed by atoms with E-state index in [0.717, 1.165) is 32.1 Å². The van der Waals surface area contributed by atoms with Gasteiger partial charge in [-0.25, -0.2) is 4.79 Å². The molecule has 4 rings (SSSR count). The Kier molecular flexibility index (Phi) is 5.48. The van der Waals surface area contributed by atoms with E-state index in [1.54, 1.807) is 0 Å². The van der Waals surface area contributed by atoms with Gasteiger partial charge in [-0.2, -0.15) is 0 Å². The third-order valence-electron chi connectivity index (χ3n) is 8.31. The van der Waals surface area contributed by atoms with Crippen molar-refractivity contribution in [1.82, 2.24) is 0 Å². The molecule has 0 radical (unpaired) electrons. The molecule has 2 saturated carbocycles. The molecule has 0 spiro atoms. The summed E-state index contributed by atoms with van der Waals surface area (Å²) in [5.41, 5.74) is 1.13. The van der Waals surface area contributed by atoms with Crippen LogP contribution >= 0.6 is 0 Å². The van der Waals surface area contributed by atoms with Crippen LogP contribution in [0.2, 0.25) is 0 Å². The van der Waals surface area contributed by atoms with Gasteiger partial charge in [0.2, 0.25) is 18.7 Å². The summed E-state index contributed by atoms with van der Waals surface area (Å²) in [5, 5.41) is 0. The van der Waals surface area contributed by atoms with Crippen LogP contribution in [0.1, 0.15) is 66.7 Å². The summed E-state index contributed by atoms with van der Waals surface area (Å²) >= 11 is 0. The summed E-state index contributed by atoms with van der Waals surface area (Å²) in [6.45, 7) is 13.9. The van der Waals surface area contributed by atoms with Crippen molar-refractivity contribution >= 4 is 17.9 Å². The van der Waals surface area contributed by atoms with E-state index >= 15 is 0 Å². The van der Waals surface area contributed by atoms with E-state index in [9.17, 15) is 14.4 Å². The highest BCUT2D eigenvalue weighted by Gasteiger charge is 2.68. The topological polar surface area (TPSA) is 88.1 Å². The van der Waals surface area contributed by atoms with Crippen molar-refractivity contribution in [3.05, 3.63) is 12.2 Å². The van der Waals surface area contributed by atoms with Crippen molar-refractivity contribution in [3.63, 3.8) is 0 Å². The second-order valence-corrected chi connectivity index (χ2v) is 10.7. The van der Waals surface area contributed by atoms with Gasteiger partial charge < -0.3 is 18.9 Å². The molecule has 0 N–H and O–H groups in total. The molecule has 31 heavy (non-hydrogen) atoms. The van der Waals surface area contributed by atoms with Crippen LogP contribution in [0.3, 0.4) is 0 Å². The predicted molar refractivity (Wildman–Crippen MR) is 110 cm³/mol. The maximum Gasteiger partial charge on any atom is 0.350 e. The lowest BCUT2D eigenvalue weighted by molar-refractivity contribution is -0.219. The molecule has 7 heteroatoms. The SMILES string of the molecule is C=C1CCCC(C)(C)[C@@H]2CC[C@@](C)([C@@H]3C4OC(=O)[C@@H](OC(C)=O)[C@H]3[C@H](OC(C)=O)O4)[C@H]12. The van der Waals surface area contributed by atoms with Crippen molar-refractivity contribution in [2.45, 2.75) is 85.4 Å². The predicted octanol–water partition coefficient (Wildman–Crippen LogP) is 3.75. The summed E-state index contributed by atoms with van der Waals surface area (Å²) < 4.78 is 22.4. The van der Waals surface area contributed by atoms with E-state index < -0.39 is 42.5 Å². The van der Waals surface area contributed by atoms with Gasteiger partial charge in [-0.05, 0) is 54.8 Å². The monoisotopic (exact) mass is 434 g/mol. The Morgan fingerprint density at radius 2 is 1.77 bits per heavy atom. The zero-order valence-corrected chi connectivity index (χ0v) is 19.1. The van der Waals surface area contributed by atoms with Crippen LogP contribution in [0, 0.1) is 34.5 Å². The third kappa shape index (κ3) is 3.59. The molecule has 0 amide bonds. The van der Waals surface area contributed by atoms with Crippen LogP contribution in [0.25, 0.3) is 0 Å². The second kappa shape index (κ2) is 7.61. The Bertz CT molecular complexity index is 802. The molecule has 0 aromatic carbocycles. The normalized spacial score (nSPS) is 43.6. The number of esters is 3. The minimum absolute atomic E-state index is 0.178. The molecule has 2 bridgehead atoms. The van der Waals surface area contributed by atoms with E-state index in [0.29, 0.717) is 5.92 Å². The lowest BCUT2D eigenvalue weighted by Gasteiger charge is -2.47. The van der Waals surface area contributed by atoms with Gasteiger partial charge in [-0.15, -0.1) is 0 Å². The van der Waals surface area contributed by atoms with Crippen molar-refractivity contribution in [2.75, 3.05) is 0 Å². The first kappa shape index (κ1) is 22.3. The number of fused-ring (bicyclic) bond motifs is 3. The Balaban J connectivity index is 1.76. The molecule has 4 fully saturated rings. The van der Waals surface area contributed by atoms with Crippen LogP contribution in [-0.2, 0) is 33.3 Å². The number of ether oxygens (including phenoxy) is 4. The minimum Gasteiger partial charge on any atom is -0.450 e. The second-order valence-electron chi connectivity index (χ2n) is 10.7. The van der Waals surface area contributed by atoms with E-state index in [1.165, 1.54) is 19.4 Å². The summed E-state index contributed by atoms with van der Waals surface area (Å²) in [7, 11) is 0. The van der Waals surface area contributed by atoms with Crippen LogP contribution in [0.5, 0.6) is 0 Å². The molecule has 4 aliphatic rings. The number of hydrogen-bond acceptors (Lipinski definition) is 7.